The molecule has 5 rings (SSSR count). The molecule has 0 aliphatic carbocycles. The third-order valence-corrected chi connectivity index (χ3v) is 7.85. The van der Waals surface area contributed by atoms with Crippen LogP contribution < -0.4 is 15.6 Å². The summed E-state index contributed by atoms with van der Waals surface area (Å²) in [6.07, 6.45) is 1.58. The average molecular weight is 603 g/mol. The van der Waals surface area contributed by atoms with Crippen molar-refractivity contribution in [2.24, 2.45) is 5.10 Å². The number of aromatic nitrogens is 1. The molecule has 42 heavy (non-hydrogen) atoms. The molecule has 1 saturated heterocycles. The first kappa shape index (κ1) is 28.3. The van der Waals surface area contributed by atoms with Gasteiger partial charge in [-0.25, -0.2) is 14.8 Å². The number of hydrogen-bond acceptors (Lipinski definition) is 9. The van der Waals surface area contributed by atoms with Crippen LogP contribution in [0.5, 0.6) is 0 Å². The van der Waals surface area contributed by atoms with Crippen molar-refractivity contribution < 1.29 is 23.7 Å². The molecule has 4 aromatic rings. The van der Waals surface area contributed by atoms with E-state index in [1.165, 1.54) is 41.3 Å². The summed E-state index contributed by atoms with van der Waals surface area (Å²) in [6, 6.07) is 19.5. The van der Waals surface area contributed by atoms with Gasteiger partial charge in [0.25, 0.3) is 23.4 Å². The van der Waals surface area contributed by atoms with Crippen LogP contribution in [-0.2, 0) is 4.79 Å². The lowest BCUT2D eigenvalue weighted by Gasteiger charge is -2.15. The molecular weight excluding hydrogens is 583 g/mol. The van der Waals surface area contributed by atoms with Crippen LogP contribution in [0.2, 0.25) is 0 Å². The topological polar surface area (TPSA) is 147 Å². The van der Waals surface area contributed by atoms with E-state index in [1.54, 1.807) is 43.3 Å². The van der Waals surface area contributed by atoms with Gasteiger partial charge in [-0.3, -0.25) is 34.7 Å². The predicted molar refractivity (Wildman–Crippen MR) is 159 cm³/mol. The van der Waals surface area contributed by atoms with Crippen molar-refractivity contribution >= 4 is 68.6 Å². The quantitative estimate of drug-likeness (QED) is 0.160. The number of halogens is 1. The molecule has 3 aromatic carbocycles. The number of nitro benzene ring substituents is 1. The van der Waals surface area contributed by atoms with E-state index in [1.807, 2.05) is 0 Å². The molecule has 0 unspecified atom stereocenters. The van der Waals surface area contributed by atoms with Gasteiger partial charge in [0.05, 0.1) is 21.2 Å². The number of nitrogens with one attached hydrogen (secondary N) is 2. The lowest BCUT2D eigenvalue weighted by Crippen LogP contribution is -2.31. The van der Waals surface area contributed by atoms with Crippen molar-refractivity contribution in [3.05, 3.63) is 121 Å². The van der Waals surface area contributed by atoms with Gasteiger partial charge < -0.3 is 0 Å². The molecule has 11 nitrogen and oxygen atoms in total. The Morgan fingerprint density at radius 1 is 1.02 bits per heavy atom. The minimum atomic E-state index is -0.603. The number of amidine groups is 1. The predicted octanol–water partition coefficient (Wildman–Crippen LogP) is 5.57. The highest BCUT2D eigenvalue weighted by atomic mass is 32.2. The monoisotopic (exact) mass is 602 g/mol. The van der Waals surface area contributed by atoms with Crippen molar-refractivity contribution in [1.29, 1.82) is 0 Å². The first-order valence-corrected chi connectivity index (χ1v) is 13.8. The number of amides is 3. The second-order valence-electron chi connectivity index (χ2n) is 8.67. The van der Waals surface area contributed by atoms with Crippen LogP contribution in [0, 0.1) is 22.9 Å². The van der Waals surface area contributed by atoms with Crippen molar-refractivity contribution in [1.82, 2.24) is 10.4 Å². The summed E-state index contributed by atoms with van der Waals surface area (Å²) in [5, 5.41) is 18.1. The fourth-order valence-corrected chi connectivity index (χ4v) is 5.57. The van der Waals surface area contributed by atoms with E-state index in [9.17, 15) is 28.9 Å². The Morgan fingerprint density at radius 3 is 2.38 bits per heavy atom. The number of carbonyl (C=O) groups is 3. The molecular formula is C28H19FN6O5S2. The third kappa shape index (κ3) is 6.24. The van der Waals surface area contributed by atoms with Crippen molar-refractivity contribution in [2.45, 2.75) is 6.92 Å². The van der Waals surface area contributed by atoms with Gasteiger partial charge in [0, 0.05) is 17.7 Å². The van der Waals surface area contributed by atoms with Crippen molar-refractivity contribution in [2.75, 3.05) is 10.2 Å². The molecule has 1 aliphatic rings. The number of nitrogens with zero attached hydrogens (tertiary/aromatic N) is 4. The Bertz CT molecular complexity index is 1760. The second-order valence-corrected chi connectivity index (χ2v) is 10.7. The van der Waals surface area contributed by atoms with Crippen LogP contribution >= 0.6 is 23.1 Å². The molecule has 1 aromatic heterocycles. The highest BCUT2D eigenvalue weighted by Crippen LogP contribution is 2.36. The normalized spacial score (nSPS) is 14.8. The summed E-state index contributed by atoms with van der Waals surface area (Å²) in [4.78, 5) is 55.4. The number of hydrogen-bond donors (Lipinski definition) is 2. The molecule has 2 N–H and O–H groups in total. The maximum atomic E-state index is 13.4. The van der Waals surface area contributed by atoms with E-state index in [0.717, 1.165) is 35.2 Å². The first-order valence-electron chi connectivity index (χ1n) is 12.2. The van der Waals surface area contributed by atoms with E-state index in [4.69, 9.17) is 0 Å². The molecule has 0 atom stereocenters. The number of hydrazone groups is 1. The number of para-hydroxylation sites is 1. The standard InChI is InChI=1S/C28H19FN6O5S2/c1-16-23(42-27(30-16)31-24(36)18-9-11-19(29)12-10-18)25(37)32-33-28-34(20-5-3-2-4-6-20)26(38)22(41-28)15-17-7-13-21(14-8-17)35(39)40/h2-15H,1H3,(H,32,37)(H,30,31,36)/b22-15+,33-28+. The van der Waals surface area contributed by atoms with Gasteiger partial charge in [0.2, 0.25) is 0 Å². The third-order valence-electron chi connectivity index (χ3n) is 5.81. The minimum absolute atomic E-state index is 0.0741. The van der Waals surface area contributed by atoms with Crippen molar-refractivity contribution in [3.8, 4) is 0 Å². The number of benzene rings is 3. The maximum Gasteiger partial charge on any atom is 0.283 e. The van der Waals surface area contributed by atoms with Crippen LogP contribution in [0.4, 0.5) is 20.9 Å². The Balaban J connectivity index is 1.36. The van der Waals surface area contributed by atoms with Gasteiger partial charge in [-0.05, 0) is 78.9 Å². The Morgan fingerprint density at radius 2 is 1.71 bits per heavy atom. The van der Waals surface area contributed by atoms with Gasteiger partial charge in [-0.1, -0.05) is 29.5 Å². The summed E-state index contributed by atoms with van der Waals surface area (Å²) < 4.78 is 13.2. The van der Waals surface area contributed by atoms with Gasteiger partial charge in [-0.15, -0.1) is 5.10 Å². The Labute approximate surface area is 245 Å². The second kappa shape index (κ2) is 12.1. The number of rotatable bonds is 7. The molecule has 210 valence electrons. The van der Waals surface area contributed by atoms with Gasteiger partial charge in [-0.2, -0.15) is 0 Å². The van der Waals surface area contributed by atoms with Gasteiger partial charge in [0.15, 0.2) is 10.3 Å². The summed E-state index contributed by atoms with van der Waals surface area (Å²) in [5.74, 6) is -1.98. The number of anilines is 2. The highest BCUT2D eigenvalue weighted by Gasteiger charge is 2.35. The molecule has 14 heteroatoms. The summed E-state index contributed by atoms with van der Waals surface area (Å²) >= 11 is 1.96. The molecule has 0 bridgehead atoms. The van der Waals surface area contributed by atoms with Crippen molar-refractivity contribution in [3.63, 3.8) is 0 Å². The van der Waals surface area contributed by atoms with E-state index in [-0.39, 0.29) is 26.4 Å². The van der Waals surface area contributed by atoms with Crippen LogP contribution in [0.3, 0.4) is 0 Å². The smallest absolute Gasteiger partial charge is 0.283 e. The van der Waals surface area contributed by atoms with Gasteiger partial charge >= 0.3 is 0 Å². The number of thiazole rings is 1. The van der Waals surface area contributed by atoms with Gasteiger partial charge in [0.1, 0.15) is 10.7 Å². The SMILES string of the molecule is Cc1nc(NC(=O)c2ccc(F)cc2)sc1C(=O)N/N=C1/S/C(=C/c2ccc([N+](=O)[O-])cc2)C(=O)N1c1ccccc1. The van der Waals surface area contributed by atoms with Crippen LogP contribution in [-0.4, -0.2) is 32.8 Å². The molecule has 1 aliphatic heterocycles. The molecule has 0 saturated carbocycles. The van der Waals surface area contributed by atoms with Crippen LogP contribution in [0.15, 0.2) is 88.9 Å². The molecule has 2 heterocycles. The first-order chi connectivity index (χ1) is 20.2. The largest absolute Gasteiger partial charge is 0.298 e. The number of carbonyl (C=O) groups excluding carboxylic acids is 3. The summed E-state index contributed by atoms with van der Waals surface area (Å²) in [6.45, 7) is 1.60. The minimum Gasteiger partial charge on any atom is -0.298 e. The Kier molecular flexibility index (Phi) is 8.17. The van der Waals surface area contributed by atoms with Crippen LogP contribution in [0.1, 0.15) is 31.3 Å². The number of nitro groups is 1. The Hall–Kier alpha value is -5.21. The summed E-state index contributed by atoms with van der Waals surface area (Å²) in [5.41, 5.74) is 4.06. The number of aryl methyl sites for hydroxylation is 1. The lowest BCUT2D eigenvalue weighted by atomic mass is 10.2. The zero-order valence-electron chi connectivity index (χ0n) is 21.6. The fourth-order valence-electron chi connectivity index (χ4n) is 3.78. The van der Waals surface area contributed by atoms with E-state index >= 15 is 0 Å². The van der Waals surface area contributed by atoms with Crippen LogP contribution in [0.25, 0.3) is 6.08 Å². The molecule has 0 spiro atoms. The average Bonchev–Trinajstić information content (AvgIpc) is 3.50. The maximum absolute atomic E-state index is 13.4. The molecule has 1 fully saturated rings. The van der Waals surface area contributed by atoms with E-state index < -0.39 is 28.5 Å². The van der Waals surface area contributed by atoms with E-state index in [2.05, 4.69) is 20.8 Å². The molecule has 0 radical (unpaired) electrons. The summed E-state index contributed by atoms with van der Waals surface area (Å²) in [7, 11) is 0. The number of non-ortho nitro benzene ring substituents is 1. The molecule has 3 amide bonds. The fraction of sp³-hybridized carbons (Fsp3) is 0.0357. The number of thioether (sulfide) groups is 1. The lowest BCUT2D eigenvalue weighted by molar-refractivity contribution is -0.384. The highest BCUT2D eigenvalue weighted by molar-refractivity contribution is 8.19. The zero-order chi connectivity index (χ0) is 29.8. The zero-order valence-corrected chi connectivity index (χ0v) is 23.2. The van der Waals surface area contributed by atoms with E-state index in [0.29, 0.717) is 21.8 Å².